The van der Waals surface area contributed by atoms with Gasteiger partial charge in [-0.3, -0.25) is 10.1 Å². The van der Waals surface area contributed by atoms with E-state index in [4.69, 9.17) is 4.74 Å². The molecule has 2 rings (SSSR count). The molecule has 8 nitrogen and oxygen atoms in total. The van der Waals surface area contributed by atoms with E-state index in [1.165, 1.54) is 13.0 Å². The standard InChI is InChI=1S/C21H26N4O4/c1-13(2)22-21(28)23-20(27)16(5)29-19(26)12-11-18-14(3)24-25(15(18)4)17-9-7-6-8-10-17/h6-13,16H,1-5H3,(H2,22,23,27,28)/b12-11+. The Morgan fingerprint density at radius 2 is 1.76 bits per heavy atom. The number of hydrogen-bond donors (Lipinski definition) is 2. The number of nitrogens with one attached hydrogen (secondary N) is 2. The van der Waals surface area contributed by atoms with Crippen molar-refractivity contribution in [3.63, 3.8) is 0 Å². The number of rotatable bonds is 6. The van der Waals surface area contributed by atoms with E-state index in [1.807, 2.05) is 44.2 Å². The lowest BCUT2D eigenvalue weighted by Crippen LogP contribution is -2.46. The van der Waals surface area contributed by atoms with Crippen molar-refractivity contribution in [3.05, 3.63) is 53.4 Å². The number of urea groups is 1. The van der Waals surface area contributed by atoms with Gasteiger partial charge in [0, 0.05) is 23.4 Å². The highest BCUT2D eigenvalue weighted by molar-refractivity contribution is 5.98. The summed E-state index contributed by atoms with van der Waals surface area (Å²) in [6, 6.07) is 8.90. The number of hydrogen-bond acceptors (Lipinski definition) is 5. The van der Waals surface area contributed by atoms with E-state index in [0.29, 0.717) is 0 Å². The van der Waals surface area contributed by atoms with Gasteiger partial charge < -0.3 is 10.1 Å². The molecule has 29 heavy (non-hydrogen) atoms. The predicted molar refractivity (Wildman–Crippen MR) is 109 cm³/mol. The molecular weight excluding hydrogens is 372 g/mol. The van der Waals surface area contributed by atoms with Crippen molar-refractivity contribution < 1.29 is 19.1 Å². The van der Waals surface area contributed by atoms with Crippen molar-refractivity contribution in [2.24, 2.45) is 0 Å². The minimum Gasteiger partial charge on any atom is -0.449 e. The molecule has 2 N–H and O–H groups in total. The van der Waals surface area contributed by atoms with Gasteiger partial charge >= 0.3 is 12.0 Å². The Morgan fingerprint density at radius 3 is 2.38 bits per heavy atom. The number of benzene rings is 1. The Bertz CT molecular complexity index is 916. The van der Waals surface area contributed by atoms with Crippen LogP contribution in [0.5, 0.6) is 0 Å². The van der Waals surface area contributed by atoms with Gasteiger partial charge in [0.1, 0.15) is 0 Å². The summed E-state index contributed by atoms with van der Waals surface area (Å²) in [7, 11) is 0. The lowest BCUT2D eigenvalue weighted by molar-refractivity contribution is -0.149. The van der Waals surface area contributed by atoms with Gasteiger partial charge in [-0.15, -0.1) is 0 Å². The van der Waals surface area contributed by atoms with Gasteiger partial charge in [0.05, 0.1) is 11.4 Å². The van der Waals surface area contributed by atoms with Gasteiger partial charge in [0.15, 0.2) is 6.10 Å². The molecule has 1 heterocycles. The quantitative estimate of drug-likeness (QED) is 0.575. The number of imide groups is 1. The summed E-state index contributed by atoms with van der Waals surface area (Å²) in [5.41, 5.74) is 3.33. The maximum absolute atomic E-state index is 12.1. The number of ether oxygens (including phenoxy) is 1. The Hall–Kier alpha value is -3.42. The zero-order valence-electron chi connectivity index (χ0n) is 17.2. The highest BCUT2D eigenvalue weighted by Crippen LogP contribution is 2.19. The smallest absolute Gasteiger partial charge is 0.331 e. The Labute approximate surface area is 169 Å². The summed E-state index contributed by atoms with van der Waals surface area (Å²) >= 11 is 0. The summed E-state index contributed by atoms with van der Waals surface area (Å²) in [5.74, 6) is -1.39. The van der Waals surface area contributed by atoms with Crippen molar-refractivity contribution >= 4 is 24.0 Å². The maximum atomic E-state index is 12.1. The molecule has 2 aromatic rings. The van der Waals surface area contributed by atoms with Crippen molar-refractivity contribution in [1.29, 1.82) is 0 Å². The van der Waals surface area contributed by atoms with Gasteiger partial charge in [0.2, 0.25) is 0 Å². The monoisotopic (exact) mass is 398 g/mol. The van der Waals surface area contributed by atoms with Crippen molar-refractivity contribution in [2.45, 2.75) is 46.8 Å². The van der Waals surface area contributed by atoms with Gasteiger partial charge in [-0.05, 0) is 52.8 Å². The SMILES string of the molecule is Cc1nn(-c2ccccc2)c(C)c1/C=C/C(=O)OC(C)C(=O)NC(=O)NC(C)C. The fraction of sp³-hybridized carbons (Fsp3) is 0.333. The number of amides is 3. The number of nitrogens with zero attached hydrogens (tertiary/aromatic N) is 2. The lowest BCUT2D eigenvalue weighted by Gasteiger charge is -2.13. The van der Waals surface area contributed by atoms with Crippen LogP contribution in [0.15, 0.2) is 36.4 Å². The van der Waals surface area contributed by atoms with Crippen LogP contribution in [-0.2, 0) is 14.3 Å². The summed E-state index contributed by atoms with van der Waals surface area (Å²) in [6.07, 6.45) is 1.74. The molecule has 0 radical (unpaired) electrons. The molecule has 8 heteroatoms. The average Bonchev–Trinajstić information content (AvgIpc) is 2.93. The second-order valence-corrected chi connectivity index (χ2v) is 6.86. The predicted octanol–water partition coefficient (Wildman–Crippen LogP) is 2.67. The Morgan fingerprint density at radius 1 is 1.10 bits per heavy atom. The molecule has 0 saturated carbocycles. The summed E-state index contributed by atoms with van der Waals surface area (Å²) < 4.78 is 6.86. The number of carbonyl (C=O) groups excluding carboxylic acids is 3. The number of carbonyl (C=O) groups is 3. The fourth-order valence-corrected chi connectivity index (χ4v) is 2.65. The molecule has 1 aromatic carbocycles. The second-order valence-electron chi connectivity index (χ2n) is 6.86. The van der Waals surface area contributed by atoms with Gasteiger partial charge in [-0.2, -0.15) is 5.10 Å². The molecule has 1 atom stereocenters. The largest absolute Gasteiger partial charge is 0.449 e. The van der Waals surface area contributed by atoms with Crippen LogP contribution in [0.4, 0.5) is 4.79 Å². The summed E-state index contributed by atoms with van der Waals surface area (Å²) in [5, 5.41) is 9.16. The zero-order chi connectivity index (χ0) is 21.6. The molecule has 0 saturated heterocycles. The second kappa shape index (κ2) is 9.68. The van der Waals surface area contributed by atoms with Crippen molar-refractivity contribution in [1.82, 2.24) is 20.4 Å². The van der Waals surface area contributed by atoms with Gasteiger partial charge in [-0.25, -0.2) is 14.3 Å². The minimum atomic E-state index is -1.11. The van der Waals surface area contributed by atoms with Crippen LogP contribution in [0.1, 0.15) is 37.7 Å². The molecule has 0 bridgehead atoms. The molecule has 0 aliphatic heterocycles. The number of esters is 1. The normalized spacial score (nSPS) is 12.1. The molecular formula is C21H26N4O4. The zero-order valence-corrected chi connectivity index (χ0v) is 17.2. The van der Waals surface area contributed by atoms with E-state index in [2.05, 4.69) is 15.7 Å². The maximum Gasteiger partial charge on any atom is 0.331 e. The lowest BCUT2D eigenvalue weighted by atomic mass is 10.2. The van der Waals surface area contributed by atoms with E-state index in [0.717, 1.165) is 22.6 Å². The van der Waals surface area contributed by atoms with Crippen LogP contribution in [0.25, 0.3) is 11.8 Å². The topological polar surface area (TPSA) is 102 Å². The van der Waals surface area contributed by atoms with E-state index < -0.39 is 24.0 Å². The molecule has 3 amide bonds. The van der Waals surface area contributed by atoms with Crippen LogP contribution in [0, 0.1) is 13.8 Å². The highest BCUT2D eigenvalue weighted by atomic mass is 16.5. The van der Waals surface area contributed by atoms with E-state index in [-0.39, 0.29) is 6.04 Å². The van der Waals surface area contributed by atoms with Gasteiger partial charge in [-0.1, -0.05) is 18.2 Å². The number of aromatic nitrogens is 2. The molecule has 0 fully saturated rings. The fourth-order valence-electron chi connectivity index (χ4n) is 2.65. The first-order chi connectivity index (χ1) is 13.7. The first-order valence-corrected chi connectivity index (χ1v) is 9.30. The van der Waals surface area contributed by atoms with Crippen LogP contribution in [0.3, 0.4) is 0 Å². The Kier molecular flexibility index (Phi) is 7.30. The minimum absolute atomic E-state index is 0.119. The first kappa shape index (κ1) is 21.9. The average molecular weight is 398 g/mol. The van der Waals surface area contributed by atoms with E-state index in [1.54, 1.807) is 24.6 Å². The first-order valence-electron chi connectivity index (χ1n) is 9.30. The molecule has 0 aliphatic rings. The summed E-state index contributed by atoms with van der Waals surface area (Å²) in [6.45, 7) is 8.68. The molecule has 154 valence electrons. The van der Waals surface area contributed by atoms with Crippen molar-refractivity contribution in [3.8, 4) is 5.69 Å². The molecule has 0 spiro atoms. The third-order valence-electron chi connectivity index (χ3n) is 4.05. The molecule has 0 aliphatic carbocycles. The van der Waals surface area contributed by atoms with Gasteiger partial charge in [0.25, 0.3) is 5.91 Å². The van der Waals surface area contributed by atoms with Crippen LogP contribution in [-0.4, -0.2) is 39.8 Å². The van der Waals surface area contributed by atoms with Crippen molar-refractivity contribution in [2.75, 3.05) is 0 Å². The van der Waals surface area contributed by atoms with E-state index in [9.17, 15) is 14.4 Å². The third-order valence-corrected chi connectivity index (χ3v) is 4.05. The van der Waals surface area contributed by atoms with Crippen LogP contribution in [0.2, 0.25) is 0 Å². The number of para-hydroxylation sites is 1. The third kappa shape index (κ3) is 6.03. The molecule has 1 aromatic heterocycles. The number of aryl methyl sites for hydroxylation is 1. The molecule has 1 unspecified atom stereocenters. The van der Waals surface area contributed by atoms with E-state index >= 15 is 0 Å². The Balaban J connectivity index is 2.01. The van der Waals surface area contributed by atoms with Crippen LogP contribution >= 0.6 is 0 Å². The van der Waals surface area contributed by atoms with Crippen LogP contribution < -0.4 is 10.6 Å². The summed E-state index contributed by atoms with van der Waals surface area (Å²) in [4.78, 5) is 35.6. The highest BCUT2D eigenvalue weighted by Gasteiger charge is 2.19.